The highest BCUT2D eigenvalue weighted by atomic mass is 28.3. The third-order valence-electron chi connectivity index (χ3n) is 10.1. The molecule has 0 unspecified atom stereocenters. The lowest BCUT2D eigenvalue weighted by Gasteiger charge is -2.32. The lowest BCUT2D eigenvalue weighted by atomic mass is 10.0. The van der Waals surface area contributed by atoms with Gasteiger partial charge in [-0.3, -0.25) is 0 Å². The summed E-state index contributed by atoms with van der Waals surface area (Å²) in [5.74, 6) is 0. The van der Waals surface area contributed by atoms with E-state index in [-0.39, 0.29) is 0 Å². The van der Waals surface area contributed by atoms with Crippen LogP contribution < -0.4 is 20.7 Å². The Morgan fingerprint density at radius 2 is 0.744 bits per heavy atom. The molecule has 176 valence electrons. The maximum Gasteiger partial charge on any atom is 0.182 e. The largest absolute Gasteiger partial charge is 0.182 e. The lowest BCUT2D eigenvalue weighted by Crippen LogP contribution is -2.72. The smallest absolute Gasteiger partial charge is 0.0623 e. The minimum absolute atomic E-state index is 1.35. The van der Waals surface area contributed by atoms with Crippen LogP contribution in [-0.4, -0.2) is 8.07 Å². The lowest BCUT2D eigenvalue weighted by molar-refractivity contribution is 1.71. The Morgan fingerprint density at radius 1 is 0.282 bits per heavy atom. The van der Waals surface area contributed by atoms with Gasteiger partial charge in [0.25, 0.3) is 0 Å². The molecule has 0 atom stereocenters. The van der Waals surface area contributed by atoms with Crippen LogP contribution in [0.4, 0.5) is 0 Å². The zero-order chi connectivity index (χ0) is 25.0. The first-order valence-corrected chi connectivity index (χ1v) is 15.9. The van der Waals surface area contributed by atoms with Crippen LogP contribution in [0.15, 0.2) is 121 Å². The molecule has 0 fully saturated rings. The predicted octanol–water partition coefficient (Wildman–Crippen LogP) is 7.15. The number of benzene rings is 7. The Morgan fingerprint density at radius 3 is 1.26 bits per heavy atom. The molecule has 0 saturated carbocycles. The van der Waals surface area contributed by atoms with Crippen molar-refractivity contribution in [2.45, 2.75) is 0 Å². The average molecular weight is 505 g/mol. The molecule has 2 aliphatic rings. The summed E-state index contributed by atoms with van der Waals surface area (Å²) < 4.78 is 0. The fourth-order valence-electron chi connectivity index (χ4n) is 8.88. The fourth-order valence-corrected chi connectivity index (χ4v) is 14.5. The summed E-state index contributed by atoms with van der Waals surface area (Å²) in [5, 5.41) is 23.4. The Kier molecular flexibility index (Phi) is 3.04. The molecule has 2 heterocycles. The van der Waals surface area contributed by atoms with Crippen LogP contribution in [0.5, 0.6) is 0 Å². The molecule has 0 amide bonds. The predicted molar refractivity (Wildman–Crippen MR) is 170 cm³/mol. The van der Waals surface area contributed by atoms with Gasteiger partial charge in [-0.1, -0.05) is 121 Å². The van der Waals surface area contributed by atoms with Gasteiger partial charge in [-0.2, -0.15) is 0 Å². The van der Waals surface area contributed by atoms with E-state index in [1.807, 2.05) is 0 Å². The van der Waals surface area contributed by atoms with E-state index in [0.29, 0.717) is 0 Å². The number of hydrogen-bond acceptors (Lipinski definition) is 0. The summed E-state index contributed by atoms with van der Waals surface area (Å²) in [5.41, 5.74) is 2.84. The van der Waals surface area contributed by atoms with Crippen molar-refractivity contribution in [1.82, 2.24) is 0 Å². The number of hydrogen-bond donors (Lipinski definition) is 0. The zero-order valence-electron chi connectivity index (χ0n) is 21.0. The maximum absolute atomic E-state index is 2.63. The first kappa shape index (κ1) is 19.4. The third kappa shape index (κ3) is 1.86. The SMILES string of the molecule is c1ccc2c(c1)-c1ccccc1[Si]21c2ccc3cccc4c5ccc6c7cccc8ccc1c(c87)c6c5c2c34. The highest BCUT2D eigenvalue weighted by Crippen LogP contribution is 2.49. The average Bonchev–Trinajstić information content (AvgIpc) is 3.59. The molecule has 11 rings (SSSR count). The first-order chi connectivity index (χ1) is 19.4. The summed E-state index contributed by atoms with van der Waals surface area (Å²) in [4.78, 5) is 0. The van der Waals surface area contributed by atoms with Crippen LogP contribution in [0, 0.1) is 0 Å². The second-order valence-corrected chi connectivity index (χ2v) is 15.2. The third-order valence-corrected chi connectivity index (χ3v) is 15.1. The monoisotopic (exact) mass is 504 g/mol. The minimum Gasteiger partial charge on any atom is -0.0623 e. The van der Waals surface area contributed by atoms with Gasteiger partial charge in [-0.05, 0) is 96.5 Å². The highest BCUT2D eigenvalue weighted by Gasteiger charge is 2.51. The van der Waals surface area contributed by atoms with Crippen LogP contribution in [0.3, 0.4) is 0 Å². The first-order valence-electron chi connectivity index (χ1n) is 13.9. The molecule has 9 aromatic carbocycles. The van der Waals surface area contributed by atoms with Gasteiger partial charge in [0.05, 0.1) is 0 Å². The van der Waals surface area contributed by atoms with E-state index in [1.165, 1.54) is 75.8 Å². The van der Waals surface area contributed by atoms with Crippen LogP contribution in [0.25, 0.3) is 75.8 Å². The van der Waals surface area contributed by atoms with Crippen LogP contribution in [-0.2, 0) is 0 Å². The fraction of sp³-hybridized carbons (Fsp3) is 0. The van der Waals surface area contributed by atoms with Gasteiger partial charge in [0, 0.05) is 0 Å². The molecular formula is C38H20Si. The number of fused-ring (bicyclic) bond motifs is 9. The van der Waals surface area contributed by atoms with Crippen molar-refractivity contribution in [1.29, 1.82) is 0 Å². The molecule has 9 aromatic rings. The van der Waals surface area contributed by atoms with Gasteiger partial charge in [-0.25, -0.2) is 0 Å². The van der Waals surface area contributed by atoms with Gasteiger partial charge < -0.3 is 0 Å². The molecule has 0 radical (unpaired) electrons. The summed E-state index contributed by atoms with van der Waals surface area (Å²) >= 11 is 0. The molecule has 1 spiro atoms. The standard InChI is InChI=1S/C38H20Si/c1-3-13-29-23(9-1)24-10-2-4-14-30(24)39(29)31-19-15-21-7-5-11-25-27-17-18-28-26-12-6-8-22-16-20-32(39)38(34(22)26)36(28)35(27)37(31)33(21)25/h1-20H. The Balaban J connectivity index is 1.58. The van der Waals surface area contributed by atoms with Crippen LogP contribution in [0.1, 0.15) is 0 Å². The summed E-state index contributed by atoms with van der Waals surface area (Å²) in [6.07, 6.45) is 0. The summed E-state index contributed by atoms with van der Waals surface area (Å²) in [7, 11) is -2.63. The van der Waals surface area contributed by atoms with Gasteiger partial charge in [-0.15, -0.1) is 0 Å². The molecule has 0 aromatic heterocycles. The summed E-state index contributed by atoms with van der Waals surface area (Å²) in [6, 6.07) is 47.1. The molecule has 2 aliphatic heterocycles. The second-order valence-electron chi connectivity index (χ2n) is 11.5. The van der Waals surface area contributed by atoms with Crippen LogP contribution in [0.2, 0.25) is 0 Å². The molecule has 1 heteroatoms. The van der Waals surface area contributed by atoms with Crippen LogP contribution >= 0.6 is 0 Å². The van der Waals surface area contributed by atoms with Crippen molar-refractivity contribution < 1.29 is 0 Å². The molecular weight excluding hydrogens is 485 g/mol. The van der Waals surface area contributed by atoms with E-state index >= 15 is 0 Å². The number of rotatable bonds is 0. The van der Waals surface area contributed by atoms with Gasteiger partial charge in [0.2, 0.25) is 0 Å². The van der Waals surface area contributed by atoms with Crippen molar-refractivity contribution in [2.24, 2.45) is 0 Å². The molecule has 0 nitrogen and oxygen atoms in total. The highest BCUT2D eigenvalue weighted by molar-refractivity contribution is 7.24. The van der Waals surface area contributed by atoms with Gasteiger partial charge in [0.15, 0.2) is 8.07 Å². The van der Waals surface area contributed by atoms with Crippen molar-refractivity contribution in [3.63, 3.8) is 0 Å². The van der Waals surface area contributed by atoms with Crippen molar-refractivity contribution in [3.8, 4) is 11.1 Å². The second kappa shape index (κ2) is 6.12. The van der Waals surface area contributed by atoms with Gasteiger partial charge in [0.1, 0.15) is 0 Å². The minimum atomic E-state index is -2.63. The van der Waals surface area contributed by atoms with Gasteiger partial charge >= 0.3 is 0 Å². The molecule has 0 aliphatic carbocycles. The van der Waals surface area contributed by atoms with Crippen molar-refractivity contribution in [2.75, 3.05) is 0 Å². The summed E-state index contributed by atoms with van der Waals surface area (Å²) in [6.45, 7) is 0. The molecule has 0 N–H and O–H groups in total. The molecule has 39 heavy (non-hydrogen) atoms. The zero-order valence-corrected chi connectivity index (χ0v) is 22.0. The molecule has 0 bridgehead atoms. The molecule has 0 saturated heterocycles. The Hall–Kier alpha value is -4.72. The van der Waals surface area contributed by atoms with E-state index < -0.39 is 8.07 Å². The normalized spacial score (nSPS) is 14.9. The maximum atomic E-state index is 2.52. The quantitative estimate of drug-likeness (QED) is 0.192. The van der Waals surface area contributed by atoms with Crippen molar-refractivity contribution in [3.05, 3.63) is 121 Å². The Labute approximate surface area is 225 Å². The van der Waals surface area contributed by atoms with E-state index in [4.69, 9.17) is 0 Å². The Bertz CT molecular complexity index is 2370. The van der Waals surface area contributed by atoms with E-state index in [2.05, 4.69) is 121 Å². The van der Waals surface area contributed by atoms with E-state index in [9.17, 15) is 0 Å². The topological polar surface area (TPSA) is 0 Å². The van der Waals surface area contributed by atoms with E-state index in [1.54, 1.807) is 20.7 Å². The van der Waals surface area contributed by atoms with E-state index in [0.717, 1.165) is 0 Å². The van der Waals surface area contributed by atoms with Crippen molar-refractivity contribution >= 4 is 93.5 Å².